The molecule has 1 N–H and O–H groups in total. The fourth-order valence-electron chi connectivity index (χ4n) is 2.70. The van der Waals surface area contributed by atoms with Crippen LogP contribution < -0.4 is 5.32 Å². The van der Waals surface area contributed by atoms with Crippen LogP contribution in [0.3, 0.4) is 0 Å². The van der Waals surface area contributed by atoms with Crippen LogP contribution in [0.15, 0.2) is 41.3 Å². The van der Waals surface area contributed by atoms with Gasteiger partial charge in [-0.1, -0.05) is 60.8 Å². The van der Waals surface area contributed by atoms with Gasteiger partial charge in [0.05, 0.1) is 25.5 Å². The molecule has 2 rings (SSSR count). The number of nitrogens with zero attached hydrogens (tertiary/aromatic N) is 1. The van der Waals surface area contributed by atoms with E-state index in [4.69, 9.17) is 34.8 Å². The number of benzene rings is 2. The molecule has 0 aromatic heterocycles. The summed E-state index contributed by atoms with van der Waals surface area (Å²) in [7, 11) is -3.69. The number of amides is 1. The Balaban J connectivity index is 2.16. The second-order valence-corrected chi connectivity index (χ2v) is 9.08. The number of hydrogen-bond acceptors (Lipinski definition) is 3. The second-order valence-electron chi connectivity index (χ2n) is 5.95. The lowest BCUT2D eigenvalue weighted by Crippen LogP contribution is -2.31. The van der Waals surface area contributed by atoms with Gasteiger partial charge in [0.2, 0.25) is 10.0 Å². The Morgan fingerprint density at radius 1 is 1.04 bits per heavy atom. The third-order valence-corrected chi connectivity index (χ3v) is 7.47. The Bertz CT molecular complexity index is 961. The van der Waals surface area contributed by atoms with Crippen molar-refractivity contribution in [2.24, 2.45) is 0 Å². The number of rotatable bonds is 8. The normalized spacial score (nSPS) is 11.6. The van der Waals surface area contributed by atoms with Crippen molar-refractivity contribution in [2.45, 2.75) is 25.2 Å². The smallest absolute Gasteiger partial charge is 0.252 e. The Labute approximate surface area is 180 Å². The van der Waals surface area contributed by atoms with E-state index in [9.17, 15) is 13.2 Å². The molecular weight excluding hydrogens is 443 g/mol. The molecule has 0 fully saturated rings. The first-order valence-electron chi connectivity index (χ1n) is 8.73. The van der Waals surface area contributed by atoms with Crippen LogP contribution in [0.2, 0.25) is 15.1 Å². The standard InChI is InChI=1S/C19H21Cl3N2O3S/c1-3-24(4-2)28(26,27)14-8-9-16(20)15(12-14)19(25)23-11-10-13-6-5-7-17(21)18(13)22/h5-9,12H,3-4,10-11H2,1-2H3,(H,23,25). The topological polar surface area (TPSA) is 66.5 Å². The maximum Gasteiger partial charge on any atom is 0.252 e. The maximum absolute atomic E-state index is 12.7. The Kier molecular flexibility index (Phi) is 8.16. The molecule has 28 heavy (non-hydrogen) atoms. The fraction of sp³-hybridized carbons (Fsp3) is 0.316. The van der Waals surface area contributed by atoms with Gasteiger partial charge in [0.25, 0.3) is 5.91 Å². The minimum absolute atomic E-state index is 0.0311. The van der Waals surface area contributed by atoms with E-state index in [-0.39, 0.29) is 15.5 Å². The van der Waals surface area contributed by atoms with Gasteiger partial charge in [0, 0.05) is 19.6 Å². The third-order valence-electron chi connectivity index (χ3n) is 4.24. The first-order chi connectivity index (χ1) is 13.2. The average molecular weight is 464 g/mol. The van der Waals surface area contributed by atoms with Crippen molar-refractivity contribution in [1.29, 1.82) is 0 Å². The molecule has 0 aliphatic rings. The van der Waals surface area contributed by atoms with Gasteiger partial charge >= 0.3 is 0 Å². The highest BCUT2D eigenvalue weighted by molar-refractivity contribution is 7.89. The van der Waals surface area contributed by atoms with E-state index in [1.165, 1.54) is 22.5 Å². The number of hydrogen-bond donors (Lipinski definition) is 1. The molecule has 0 aliphatic heterocycles. The van der Waals surface area contributed by atoms with Crippen molar-refractivity contribution in [3.8, 4) is 0 Å². The molecule has 2 aromatic rings. The molecule has 0 saturated heterocycles. The van der Waals surface area contributed by atoms with E-state index in [1.54, 1.807) is 26.0 Å². The molecule has 2 aromatic carbocycles. The van der Waals surface area contributed by atoms with Gasteiger partial charge in [-0.25, -0.2) is 8.42 Å². The molecule has 0 atom stereocenters. The van der Waals surface area contributed by atoms with Crippen molar-refractivity contribution >= 4 is 50.7 Å². The molecule has 0 spiro atoms. The molecule has 0 aliphatic carbocycles. The molecule has 5 nitrogen and oxygen atoms in total. The van der Waals surface area contributed by atoms with Crippen molar-refractivity contribution in [3.05, 3.63) is 62.6 Å². The van der Waals surface area contributed by atoms with E-state index in [1.807, 2.05) is 6.07 Å². The van der Waals surface area contributed by atoms with Crippen LogP contribution in [0, 0.1) is 0 Å². The zero-order chi connectivity index (χ0) is 20.9. The number of carbonyl (C=O) groups is 1. The monoisotopic (exact) mass is 462 g/mol. The van der Waals surface area contributed by atoms with Crippen LogP contribution in [-0.2, 0) is 16.4 Å². The van der Waals surface area contributed by atoms with E-state index in [2.05, 4.69) is 5.32 Å². The van der Waals surface area contributed by atoms with E-state index in [0.29, 0.717) is 36.1 Å². The summed E-state index contributed by atoms with van der Waals surface area (Å²) in [5.41, 5.74) is 0.908. The van der Waals surface area contributed by atoms with E-state index in [0.717, 1.165) is 5.56 Å². The number of sulfonamides is 1. The van der Waals surface area contributed by atoms with Gasteiger partial charge < -0.3 is 5.32 Å². The molecular formula is C19H21Cl3N2O3S. The summed E-state index contributed by atoms with van der Waals surface area (Å²) >= 11 is 18.2. The number of halogens is 3. The Morgan fingerprint density at radius 2 is 1.71 bits per heavy atom. The van der Waals surface area contributed by atoms with Crippen molar-refractivity contribution < 1.29 is 13.2 Å². The molecule has 0 unspecified atom stereocenters. The van der Waals surface area contributed by atoms with Crippen LogP contribution in [0.25, 0.3) is 0 Å². The van der Waals surface area contributed by atoms with Gasteiger partial charge in [0.1, 0.15) is 0 Å². The summed E-state index contributed by atoms with van der Waals surface area (Å²) in [6.45, 7) is 4.48. The van der Waals surface area contributed by atoms with E-state index >= 15 is 0 Å². The van der Waals surface area contributed by atoms with Crippen LogP contribution in [0.4, 0.5) is 0 Å². The molecule has 9 heteroatoms. The number of carbonyl (C=O) groups excluding carboxylic acids is 1. The fourth-order valence-corrected chi connectivity index (χ4v) is 4.80. The Morgan fingerprint density at radius 3 is 2.36 bits per heavy atom. The molecule has 152 valence electrons. The molecule has 0 heterocycles. The lowest BCUT2D eigenvalue weighted by Gasteiger charge is -2.19. The van der Waals surface area contributed by atoms with Gasteiger partial charge in [-0.2, -0.15) is 4.31 Å². The van der Waals surface area contributed by atoms with Crippen LogP contribution in [0.5, 0.6) is 0 Å². The Hall–Kier alpha value is -1.31. The van der Waals surface area contributed by atoms with Gasteiger partial charge in [-0.15, -0.1) is 0 Å². The summed E-state index contributed by atoms with van der Waals surface area (Å²) < 4.78 is 26.7. The molecule has 0 saturated carbocycles. The quantitative estimate of drug-likeness (QED) is 0.619. The lowest BCUT2D eigenvalue weighted by atomic mass is 10.1. The van der Waals surface area contributed by atoms with Crippen LogP contribution in [-0.4, -0.2) is 38.3 Å². The van der Waals surface area contributed by atoms with Crippen LogP contribution in [0.1, 0.15) is 29.8 Å². The first kappa shape index (κ1) is 23.0. The zero-order valence-electron chi connectivity index (χ0n) is 15.5. The number of nitrogens with one attached hydrogen (secondary N) is 1. The highest BCUT2D eigenvalue weighted by Crippen LogP contribution is 2.26. The highest BCUT2D eigenvalue weighted by Gasteiger charge is 2.23. The van der Waals surface area contributed by atoms with Crippen molar-refractivity contribution in [2.75, 3.05) is 19.6 Å². The lowest BCUT2D eigenvalue weighted by molar-refractivity contribution is 0.0954. The minimum atomic E-state index is -3.69. The van der Waals surface area contributed by atoms with Crippen molar-refractivity contribution in [3.63, 3.8) is 0 Å². The highest BCUT2D eigenvalue weighted by atomic mass is 35.5. The maximum atomic E-state index is 12.7. The summed E-state index contributed by atoms with van der Waals surface area (Å²) in [6, 6.07) is 9.42. The zero-order valence-corrected chi connectivity index (χ0v) is 18.6. The summed E-state index contributed by atoms with van der Waals surface area (Å²) in [5.74, 6) is -0.459. The van der Waals surface area contributed by atoms with Gasteiger partial charge in [-0.3, -0.25) is 4.79 Å². The van der Waals surface area contributed by atoms with Crippen molar-refractivity contribution in [1.82, 2.24) is 9.62 Å². The van der Waals surface area contributed by atoms with Gasteiger partial charge in [-0.05, 0) is 36.2 Å². The minimum Gasteiger partial charge on any atom is -0.352 e. The third kappa shape index (κ3) is 5.19. The molecule has 0 radical (unpaired) electrons. The molecule has 0 bridgehead atoms. The summed E-state index contributed by atoms with van der Waals surface area (Å²) in [5, 5.41) is 3.81. The predicted molar refractivity (Wildman–Crippen MR) is 114 cm³/mol. The van der Waals surface area contributed by atoms with Gasteiger partial charge in [0.15, 0.2) is 0 Å². The van der Waals surface area contributed by atoms with Crippen LogP contribution >= 0.6 is 34.8 Å². The average Bonchev–Trinajstić information content (AvgIpc) is 2.66. The molecule has 1 amide bonds. The predicted octanol–water partition coefficient (Wildman–Crippen LogP) is 4.65. The largest absolute Gasteiger partial charge is 0.352 e. The van der Waals surface area contributed by atoms with E-state index < -0.39 is 15.9 Å². The first-order valence-corrected chi connectivity index (χ1v) is 11.3. The summed E-state index contributed by atoms with van der Waals surface area (Å²) in [6.07, 6.45) is 0.472. The summed E-state index contributed by atoms with van der Waals surface area (Å²) in [4.78, 5) is 12.6. The SMILES string of the molecule is CCN(CC)S(=O)(=O)c1ccc(Cl)c(C(=O)NCCc2cccc(Cl)c2Cl)c1. The second kappa shape index (κ2) is 9.94.